The number of nitrogens with two attached hydrogens (primary N) is 1. The Balaban J connectivity index is 3.01. The molecule has 0 aliphatic rings. The first-order chi connectivity index (χ1) is 7.19. The van der Waals surface area contributed by atoms with Gasteiger partial charge in [-0.25, -0.2) is 5.90 Å². The maximum atomic E-state index is 5.62. The second-order valence-electron chi connectivity index (χ2n) is 3.41. The van der Waals surface area contributed by atoms with Gasteiger partial charge in [0, 0.05) is 0 Å². The summed E-state index contributed by atoms with van der Waals surface area (Å²) in [6, 6.07) is 5.59. The monoisotopic (exact) mass is 211 g/mol. The van der Waals surface area contributed by atoms with Crippen molar-refractivity contribution in [2.45, 2.75) is 26.6 Å². The van der Waals surface area contributed by atoms with E-state index in [1.165, 1.54) is 0 Å². The summed E-state index contributed by atoms with van der Waals surface area (Å²) in [5, 5.41) is 0. The van der Waals surface area contributed by atoms with E-state index in [0.29, 0.717) is 0 Å². The fraction of sp³-hybridized carbons (Fsp3) is 0.455. The number of ether oxygens (including phenoxy) is 2. The molecular weight excluding hydrogens is 194 g/mol. The smallest absolute Gasteiger partial charge is 0.129 e. The van der Waals surface area contributed by atoms with Gasteiger partial charge in [-0.3, -0.25) is 4.84 Å². The van der Waals surface area contributed by atoms with Crippen molar-refractivity contribution in [1.29, 1.82) is 0 Å². The molecule has 4 nitrogen and oxygen atoms in total. The molecule has 0 saturated heterocycles. The second-order valence-corrected chi connectivity index (χ2v) is 3.41. The maximum Gasteiger partial charge on any atom is 0.129 e. The van der Waals surface area contributed by atoms with Gasteiger partial charge in [0.25, 0.3) is 0 Å². The van der Waals surface area contributed by atoms with Gasteiger partial charge in [0.15, 0.2) is 0 Å². The van der Waals surface area contributed by atoms with Gasteiger partial charge in [0.2, 0.25) is 0 Å². The van der Waals surface area contributed by atoms with E-state index < -0.39 is 0 Å². The Labute approximate surface area is 89.9 Å². The third-order valence-corrected chi connectivity index (χ3v) is 1.90. The van der Waals surface area contributed by atoms with E-state index in [9.17, 15) is 0 Å². The normalized spacial score (nSPS) is 10.5. The van der Waals surface area contributed by atoms with Crippen LogP contribution in [0.1, 0.15) is 19.4 Å². The average molecular weight is 211 g/mol. The highest BCUT2D eigenvalue weighted by molar-refractivity contribution is 5.44. The zero-order valence-electron chi connectivity index (χ0n) is 9.32. The van der Waals surface area contributed by atoms with Crippen molar-refractivity contribution in [2.75, 3.05) is 7.11 Å². The Kier molecular flexibility index (Phi) is 4.39. The van der Waals surface area contributed by atoms with Crippen molar-refractivity contribution in [3.63, 3.8) is 0 Å². The molecule has 0 aliphatic heterocycles. The molecule has 0 aromatic heterocycles. The molecule has 1 rings (SSSR count). The predicted octanol–water partition coefficient (Wildman–Crippen LogP) is 1.87. The number of benzene rings is 1. The highest BCUT2D eigenvalue weighted by atomic mass is 16.6. The quantitative estimate of drug-likeness (QED) is 0.755. The van der Waals surface area contributed by atoms with E-state index in [2.05, 4.69) is 4.84 Å². The van der Waals surface area contributed by atoms with Gasteiger partial charge in [0.05, 0.1) is 18.8 Å². The van der Waals surface area contributed by atoms with Gasteiger partial charge in [-0.1, -0.05) is 6.07 Å². The van der Waals surface area contributed by atoms with Crippen LogP contribution < -0.4 is 15.4 Å². The van der Waals surface area contributed by atoms with E-state index >= 15 is 0 Å². The summed E-state index contributed by atoms with van der Waals surface area (Å²) in [7, 11) is 1.61. The molecule has 15 heavy (non-hydrogen) atoms. The Morgan fingerprint density at radius 2 is 1.93 bits per heavy atom. The van der Waals surface area contributed by atoms with Crippen molar-refractivity contribution in [1.82, 2.24) is 0 Å². The summed E-state index contributed by atoms with van der Waals surface area (Å²) >= 11 is 0. The van der Waals surface area contributed by atoms with Crippen LogP contribution in [0.5, 0.6) is 11.5 Å². The zero-order chi connectivity index (χ0) is 11.3. The zero-order valence-corrected chi connectivity index (χ0v) is 9.32. The van der Waals surface area contributed by atoms with Gasteiger partial charge in [-0.15, -0.1) is 0 Å². The van der Waals surface area contributed by atoms with Gasteiger partial charge in [-0.2, -0.15) is 0 Å². The number of hydrogen-bond acceptors (Lipinski definition) is 4. The summed E-state index contributed by atoms with van der Waals surface area (Å²) in [6.45, 7) is 4.20. The molecule has 0 aliphatic carbocycles. The summed E-state index contributed by atoms with van der Waals surface area (Å²) in [5.74, 6) is 6.54. The van der Waals surface area contributed by atoms with Crippen molar-refractivity contribution in [3.05, 3.63) is 23.8 Å². The Morgan fingerprint density at radius 3 is 2.47 bits per heavy atom. The lowest BCUT2D eigenvalue weighted by Crippen LogP contribution is -2.10. The van der Waals surface area contributed by atoms with E-state index in [1.54, 1.807) is 7.11 Å². The molecule has 0 radical (unpaired) electrons. The Bertz CT molecular complexity index is 313. The van der Waals surface area contributed by atoms with Crippen molar-refractivity contribution < 1.29 is 14.3 Å². The predicted molar refractivity (Wildman–Crippen MR) is 57.7 cm³/mol. The number of rotatable bonds is 5. The van der Waals surface area contributed by atoms with Crippen molar-refractivity contribution in [2.24, 2.45) is 5.90 Å². The molecule has 84 valence electrons. The van der Waals surface area contributed by atoms with E-state index in [0.717, 1.165) is 17.1 Å². The molecule has 0 bridgehead atoms. The molecule has 0 atom stereocenters. The first-order valence-corrected chi connectivity index (χ1v) is 4.83. The fourth-order valence-electron chi connectivity index (χ4n) is 1.33. The van der Waals surface area contributed by atoms with Crippen LogP contribution in [-0.2, 0) is 11.4 Å². The minimum atomic E-state index is 0.105. The van der Waals surface area contributed by atoms with Crippen LogP contribution >= 0.6 is 0 Å². The van der Waals surface area contributed by atoms with Crippen molar-refractivity contribution >= 4 is 0 Å². The molecule has 0 saturated carbocycles. The molecule has 0 spiro atoms. The minimum absolute atomic E-state index is 0.105. The molecule has 0 unspecified atom stereocenters. The van der Waals surface area contributed by atoms with Crippen LogP contribution in [-0.4, -0.2) is 13.2 Å². The fourth-order valence-corrected chi connectivity index (χ4v) is 1.33. The average Bonchev–Trinajstić information content (AvgIpc) is 2.20. The molecular formula is C11H17NO3. The molecule has 1 aromatic rings. The largest absolute Gasteiger partial charge is 0.496 e. The van der Waals surface area contributed by atoms with Gasteiger partial charge >= 0.3 is 0 Å². The summed E-state index contributed by atoms with van der Waals surface area (Å²) < 4.78 is 10.8. The van der Waals surface area contributed by atoms with Gasteiger partial charge in [-0.05, 0) is 26.0 Å². The molecule has 0 fully saturated rings. The van der Waals surface area contributed by atoms with E-state index in [1.807, 2.05) is 32.0 Å². The SMILES string of the molecule is COc1cccc(OC(C)C)c1CON. The lowest BCUT2D eigenvalue weighted by molar-refractivity contribution is 0.117. The number of methoxy groups -OCH3 is 1. The van der Waals surface area contributed by atoms with Crippen molar-refractivity contribution in [3.8, 4) is 11.5 Å². The summed E-state index contributed by atoms with van der Waals surface area (Å²) in [5.41, 5.74) is 0.830. The standard InChI is InChI=1S/C11H17NO3/c1-8(2)15-11-6-4-5-10(13-3)9(11)7-14-12/h4-6,8H,7,12H2,1-3H3. The third-order valence-electron chi connectivity index (χ3n) is 1.90. The first-order valence-electron chi connectivity index (χ1n) is 4.83. The van der Waals surface area contributed by atoms with Crippen LogP contribution in [0.2, 0.25) is 0 Å². The lowest BCUT2D eigenvalue weighted by Gasteiger charge is -2.16. The highest BCUT2D eigenvalue weighted by Gasteiger charge is 2.11. The second kappa shape index (κ2) is 5.58. The van der Waals surface area contributed by atoms with Gasteiger partial charge in [0.1, 0.15) is 18.1 Å². The van der Waals surface area contributed by atoms with Crippen LogP contribution in [0.25, 0.3) is 0 Å². The van der Waals surface area contributed by atoms with Crippen LogP contribution in [0.15, 0.2) is 18.2 Å². The molecule has 0 amide bonds. The highest BCUT2D eigenvalue weighted by Crippen LogP contribution is 2.29. The molecule has 4 heteroatoms. The molecule has 0 heterocycles. The topological polar surface area (TPSA) is 53.7 Å². The lowest BCUT2D eigenvalue weighted by atomic mass is 10.2. The van der Waals surface area contributed by atoms with Gasteiger partial charge < -0.3 is 9.47 Å². The molecule has 2 N–H and O–H groups in total. The third kappa shape index (κ3) is 3.11. The molecule has 1 aromatic carbocycles. The Hall–Kier alpha value is -1.26. The van der Waals surface area contributed by atoms with E-state index in [-0.39, 0.29) is 12.7 Å². The Morgan fingerprint density at radius 1 is 1.27 bits per heavy atom. The summed E-state index contributed by atoms with van der Waals surface area (Å²) in [4.78, 5) is 4.63. The minimum Gasteiger partial charge on any atom is -0.496 e. The van der Waals surface area contributed by atoms with Crippen LogP contribution in [0, 0.1) is 0 Å². The number of hydrogen-bond donors (Lipinski definition) is 1. The van der Waals surface area contributed by atoms with Crippen LogP contribution in [0.4, 0.5) is 0 Å². The first kappa shape index (κ1) is 11.8. The maximum absolute atomic E-state index is 5.62. The van der Waals surface area contributed by atoms with E-state index in [4.69, 9.17) is 15.4 Å². The van der Waals surface area contributed by atoms with Crippen LogP contribution in [0.3, 0.4) is 0 Å². The summed E-state index contributed by atoms with van der Waals surface area (Å²) in [6.07, 6.45) is 0.105.